The Hall–Kier alpha value is -1.54. The molecular weight excluding hydrogens is 830 g/mol. The first-order chi connectivity index (χ1) is 31.6. The van der Waals surface area contributed by atoms with Crippen LogP contribution in [0.25, 0.3) is 0 Å². The standard InChI is InChI=1S/C56H106NO7P/c1-6-8-10-12-14-16-18-20-22-24-26-28-30-32-34-36-38-40-42-44-46-48-51-61-53-55(54-63-65(59,60)62-52-50-57(3,4)5)64-56(58)49-47-45-43-41-39-37-35-33-31-29-27-25-23-21-19-17-15-13-11-9-7-2/h8,10,14,16,20,22,26,28,55H,6-7,9,11-13,15,17-19,21,23-25,27,29-54H2,1-5H3/p+1/b10-8-,16-14-,22-20-,28-26-. The number of hydrogen-bond acceptors (Lipinski definition) is 6. The minimum atomic E-state index is -4.28. The summed E-state index contributed by atoms with van der Waals surface area (Å²) in [5, 5.41) is 0. The number of carbonyl (C=O) groups is 1. The molecule has 8 nitrogen and oxygen atoms in total. The van der Waals surface area contributed by atoms with Crippen molar-refractivity contribution in [3.8, 4) is 0 Å². The lowest BCUT2D eigenvalue weighted by Gasteiger charge is -2.24. The lowest BCUT2D eigenvalue weighted by Crippen LogP contribution is -2.37. The average Bonchev–Trinajstić information content (AvgIpc) is 3.27. The highest BCUT2D eigenvalue weighted by Gasteiger charge is 2.26. The predicted octanol–water partition coefficient (Wildman–Crippen LogP) is 17.1. The molecule has 0 aliphatic heterocycles. The van der Waals surface area contributed by atoms with Crippen LogP contribution in [-0.4, -0.2) is 75.6 Å². The third-order valence-electron chi connectivity index (χ3n) is 11.9. The summed E-state index contributed by atoms with van der Waals surface area (Å²) >= 11 is 0. The van der Waals surface area contributed by atoms with Gasteiger partial charge >= 0.3 is 13.8 Å². The minimum Gasteiger partial charge on any atom is -0.457 e. The average molecular weight is 937 g/mol. The molecule has 0 aliphatic carbocycles. The fourth-order valence-corrected chi connectivity index (χ4v) is 8.46. The first-order valence-electron chi connectivity index (χ1n) is 27.4. The Morgan fingerprint density at radius 2 is 0.892 bits per heavy atom. The Morgan fingerprint density at radius 3 is 1.34 bits per heavy atom. The van der Waals surface area contributed by atoms with Gasteiger partial charge in [-0.15, -0.1) is 0 Å². The first-order valence-corrected chi connectivity index (χ1v) is 28.9. The lowest BCUT2D eigenvalue weighted by atomic mass is 10.0. The molecule has 65 heavy (non-hydrogen) atoms. The number of hydrogen-bond donors (Lipinski definition) is 1. The van der Waals surface area contributed by atoms with Crippen molar-refractivity contribution in [2.24, 2.45) is 0 Å². The third-order valence-corrected chi connectivity index (χ3v) is 12.9. The molecule has 0 aromatic heterocycles. The highest BCUT2D eigenvalue weighted by molar-refractivity contribution is 7.47. The van der Waals surface area contributed by atoms with E-state index in [4.69, 9.17) is 18.5 Å². The molecule has 0 saturated carbocycles. The van der Waals surface area contributed by atoms with Gasteiger partial charge in [-0.2, -0.15) is 0 Å². The number of allylic oxidation sites excluding steroid dienone is 8. The monoisotopic (exact) mass is 937 g/mol. The maximum absolute atomic E-state index is 12.8. The highest BCUT2D eigenvalue weighted by Crippen LogP contribution is 2.43. The van der Waals surface area contributed by atoms with Gasteiger partial charge in [-0.1, -0.05) is 236 Å². The van der Waals surface area contributed by atoms with Crippen LogP contribution in [0, 0.1) is 0 Å². The van der Waals surface area contributed by atoms with Gasteiger partial charge in [-0.3, -0.25) is 13.8 Å². The molecule has 0 fully saturated rings. The molecule has 2 atom stereocenters. The van der Waals surface area contributed by atoms with E-state index in [0.717, 1.165) is 57.8 Å². The molecule has 0 rings (SSSR count). The summed E-state index contributed by atoms with van der Waals surface area (Å²) in [6.07, 6.45) is 61.6. The molecule has 0 aromatic carbocycles. The molecule has 0 bridgehead atoms. The quantitative estimate of drug-likeness (QED) is 0.0214. The molecule has 2 unspecified atom stereocenters. The maximum atomic E-state index is 12.8. The second-order valence-corrected chi connectivity index (χ2v) is 21.0. The summed E-state index contributed by atoms with van der Waals surface area (Å²) in [6, 6.07) is 0. The SMILES string of the molecule is CC/C=C\C/C=C\C/C=C\C/C=C\CCCCCCCCCCCOCC(COP(=O)(O)OCC[N+](C)(C)C)OC(=O)CCCCCCCCCCCCCCCCCCCCCCC. The summed E-state index contributed by atoms with van der Waals surface area (Å²) in [5.74, 6) is -0.312. The second-order valence-electron chi connectivity index (χ2n) is 19.6. The zero-order valence-electron chi connectivity index (χ0n) is 43.5. The van der Waals surface area contributed by atoms with Gasteiger partial charge < -0.3 is 18.9 Å². The van der Waals surface area contributed by atoms with Gasteiger partial charge in [0.2, 0.25) is 0 Å². The Morgan fingerprint density at radius 1 is 0.492 bits per heavy atom. The smallest absolute Gasteiger partial charge is 0.457 e. The van der Waals surface area contributed by atoms with E-state index in [9.17, 15) is 14.3 Å². The van der Waals surface area contributed by atoms with Gasteiger partial charge in [0.15, 0.2) is 0 Å². The number of quaternary nitrogens is 1. The highest BCUT2D eigenvalue weighted by atomic mass is 31.2. The largest absolute Gasteiger partial charge is 0.472 e. The lowest BCUT2D eigenvalue weighted by molar-refractivity contribution is -0.870. The maximum Gasteiger partial charge on any atom is 0.472 e. The zero-order valence-corrected chi connectivity index (χ0v) is 44.4. The molecule has 0 saturated heterocycles. The zero-order chi connectivity index (χ0) is 47.6. The van der Waals surface area contributed by atoms with Gasteiger partial charge in [0.05, 0.1) is 34.4 Å². The number of rotatable bonds is 51. The summed E-state index contributed by atoms with van der Waals surface area (Å²) in [5.41, 5.74) is 0. The Balaban J connectivity index is 4.10. The van der Waals surface area contributed by atoms with Crippen LogP contribution >= 0.6 is 7.82 Å². The van der Waals surface area contributed by atoms with Crippen LogP contribution in [0.5, 0.6) is 0 Å². The van der Waals surface area contributed by atoms with E-state index in [2.05, 4.69) is 62.5 Å². The van der Waals surface area contributed by atoms with Crippen LogP contribution in [0.2, 0.25) is 0 Å². The van der Waals surface area contributed by atoms with Crippen molar-refractivity contribution in [1.82, 2.24) is 0 Å². The van der Waals surface area contributed by atoms with E-state index in [1.807, 2.05) is 21.1 Å². The Bertz CT molecular complexity index is 1180. The number of unbranched alkanes of at least 4 members (excludes halogenated alkanes) is 29. The van der Waals surface area contributed by atoms with E-state index in [-0.39, 0.29) is 25.8 Å². The van der Waals surface area contributed by atoms with Crippen molar-refractivity contribution in [1.29, 1.82) is 0 Å². The third kappa shape index (κ3) is 53.3. The molecule has 382 valence electrons. The van der Waals surface area contributed by atoms with Crippen LogP contribution < -0.4 is 0 Å². The number of likely N-dealkylation sites (N-methyl/N-ethyl adjacent to an activating group) is 1. The van der Waals surface area contributed by atoms with Crippen LogP contribution in [0.1, 0.15) is 245 Å². The molecule has 0 spiro atoms. The van der Waals surface area contributed by atoms with Crippen molar-refractivity contribution in [2.45, 2.75) is 251 Å². The van der Waals surface area contributed by atoms with Crippen molar-refractivity contribution < 1.29 is 37.3 Å². The van der Waals surface area contributed by atoms with E-state index < -0.39 is 13.9 Å². The molecular formula is C56H107NO7P+. The van der Waals surface area contributed by atoms with E-state index in [0.29, 0.717) is 24.1 Å². The van der Waals surface area contributed by atoms with Gasteiger partial charge in [0.25, 0.3) is 0 Å². The second kappa shape index (κ2) is 48.9. The number of ether oxygens (including phenoxy) is 2. The molecule has 0 aliphatic rings. The van der Waals surface area contributed by atoms with Gasteiger partial charge in [-0.25, -0.2) is 4.57 Å². The van der Waals surface area contributed by atoms with Gasteiger partial charge in [-0.05, 0) is 51.4 Å². The number of carbonyl (C=O) groups excluding carboxylic acids is 1. The van der Waals surface area contributed by atoms with E-state index in [1.54, 1.807) is 0 Å². The van der Waals surface area contributed by atoms with E-state index in [1.165, 1.54) is 167 Å². The number of phosphoric ester groups is 1. The van der Waals surface area contributed by atoms with Crippen molar-refractivity contribution in [2.75, 3.05) is 54.1 Å². The molecule has 0 heterocycles. The predicted molar refractivity (Wildman–Crippen MR) is 279 cm³/mol. The summed E-state index contributed by atoms with van der Waals surface area (Å²) in [7, 11) is 1.67. The van der Waals surface area contributed by atoms with Crippen LogP contribution in [0.4, 0.5) is 0 Å². The molecule has 0 amide bonds. The topological polar surface area (TPSA) is 91.3 Å². The van der Waals surface area contributed by atoms with Crippen molar-refractivity contribution >= 4 is 13.8 Å². The first kappa shape index (κ1) is 63.5. The minimum absolute atomic E-state index is 0.0877. The fraction of sp³-hybridized carbons (Fsp3) is 0.839. The normalized spacial score (nSPS) is 13.9. The molecule has 0 aromatic rings. The summed E-state index contributed by atoms with van der Waals surface area (Å²) < 4.78 is 35.2. The van der Waals surface area contributed by atoms with Crippen LogP contribution in [0.15, 0.2) is 48.6 Å². The Kier molecular flexibility index (Phi) is 47.7. The number of nitrogens with zero attached hydrogens (tertiary/aromatic N) is 1. The van der Waals surface area contributed by atoms with E-state index >= 15 is 0 Å². The molecule has 1 N–H and O–H groups in total. The van der Waals surface area contributed by atoms with Crippen molar-refractivity contribution in [3.63, 3.8) is 0 Å². The fourth-order valence-electron chi connectivity index (χ4n) is 7.72. The van der Waals surface area contributed by atoms with Crippen LogP contribution in [0.3, 0.4) is 0 Å². The van der Waals surface area contributed by atoms with Crippen molar-refractivity contribution in [3.05, 3.63) is 48.6 Å². The Labute approximate surface area is 403 Å². The van der Waals surface area contributed by atoms with Gasteiger partial charge in [0.1, 0.15) is 19.3 Å². The summed E-state index contributed by atoms with van der Waals surface area (Å²) in [4.78, 5) is 23.1. The van der Waals surface area contributed by atoms with Crippen LogP contribution in [-0.2, 0) is 27.9 Å². The summed E-state index contributed by atoms with van der Waals surface area (Å²) in [6.45, 7) is 5.54. The molecule has 0 radical (unpaired) electrons. The van der Waals surface area contributed by atoms with Gasteiger partial charge in [0, 0.05) is 13.0 Å². The number of esters is 1. The molecule has 9 heteroatoms. The number of phosphoric acid groups is 1.